The van der Waals surface area contributed by atoms with Crippen molar-refractivity contribution >= 4 is 0 Å². The molecule has 2 atom stereocenters. The molecule has 0 saturated carbocycles. The van der Waals surface area contributed by atoms with E-state index in [2.05, 4.69) is 31.9 Å². The number of methoxy groups -OCH3 is 1. The highest BCUT2D eigenvalue weighted by Gasteiger charge is 2.30. The predicted octanol–water partition coefficient (Wildman–Crippen LogP) is 3.02. The van der Waals surface area contributed by atoms with Crippen molar-refractivity contribution in [2.75, 3.05) is 20.7 Å². The maximum absolute atomic E-state index is 10.7. The van der Waals surface area contributed by atoms with Gasteiger partial charge in [0.2, 0.25) is 0 Å². The van der Waals surface area contributed by atoms with Gasteiger partial charge in [0.1, 0.15) is 5.75 Å². The van der Waals surface area contributed by atoms with E-state index < -0.39 is 6.10 Å². The van der Waals surface area contributed by atoms with Crippen molar-refractivity contribution in [2.24, 2.45) is 5.92 Å². The van der Waals surface area contributed by atoms with Crippen LogP contribution < -0.4 is 4.74 Å². The Morgan fingerprint density at radius 1 is 1.40 bits per heavy atom. The number of ether oxygens (including phenoxy) is 1. The maximum atomic E-state index is 10.7. The zero-order chi connectivity index (χ0) is 14.7. The Labute approximate surface area is 122 Å². The van der Waals surface area contributed by atoms with Gasteiger partial charge in [0.25, 0.3) is 0 Å². The minimum absolute atomic E-state index is 0.216. The molecule has 0 spiro atoms. The molecule has 0 amide bonds. The molecule has 0 fully saturated rings. The van der Waals surface area contributed by atoms with Crippen LogP contribution >= 0.6 is 0 Å². The van der Waals surface area contributed by atoms with Crippen molar-refractivity contribution in [1.29, 1.82) is 0 Å². The van der Waals surface area contributed by atoms with Crippen molar-refractivity contribution in [3.05, 3.63) is 29.3 Å². The standard InChI is InChI=1S/C17H27NO2/c1-12(2)9-10-18(3)16-8-6-13-5-7-14(20-4)11-15(13)17(16)19/h5,7,11-12,16-17,19H,6,8-10H2,1-4H3. The van der Waals surface area contributed by atoms with Crippen molar-refractivity contribution < 1.29 is 9.84 Å². The van der Waals surface area contributed by atoms with Crippen LogP contribution in [0.4, 0.5) is 0 Å². The number of benzene rings is 1. The first-order valence-corrected chi connectivity index (χ1v) is 7.58. The normalized spacial score (nSPS) is 22.1. The molecule has 2 rings (SSSR count). The van der Waals surface area contributed by atoms with Crippen LogP contribution in [0.1, 0.15) is 43.9 Å². The maximum Gasteiger partial charge on any atom is 0.119 e. The van der Waals surface area contributed by atoms with Crippen LogP contribution in [-0.4, -0.2) is 36.8 Å². The summed E-state index contributed by atoms with van der Waals surface area (Å²) >= 11 is 0. The summed E-state index contributed by atoms with van der Waals surface area (Å²) in [6.45, 7) is 5.52. The van der Waals surface area contributed by atoms with Crippen LogP contribution in [0.15, 0.2) is 18.2 Å². The van der Waals surface area contributed by atoms with Gasteiger partial charge in [-0.1, -0.05) is 19.9 Å². The number of fused-ring (bicyclic) bond motifs is 1. The molecule has 1 N–H and O–H groups in total. The molecule has 0 saturated heterocycles. The van der Waals surface area contributed by atoms with Gasteiger partial charge >= 0.3 is 0 Å². The molecule has 1 aliphatic carbocycles. The summed E-state index contributed by atoms with van der Waals surface area (Å²) < 4.78 is 5.28. The van der Waals surface area contributed by atoms with Gasteiger partial charge in [0.15, 0.2) is 0 Å². The van der Waals surface area contributed by atoms with Crippen LogP contribution in [0.25, 0.3) is 0 Å². The SMILES string of the molecule is COc1ccc2c(c1)C(O)C(N(C)CCC(C)C)CC2. The molecular formula is C17H27NO2. The average molecular weight is 277 g/mol. The van der Waals surface area contributed by atoms with Crippen molar-refractivity contribution in [1.82, 2.24) is 4.90 Å². The predicted molar refractivity (Wildman–Crippen MR) is 82.1 cm³/mol. The lowest BCUT2D eigenvalue weighted by molar-refractivity contribution is 0.0477. The van der Waals surface area contributed by atoms with Crippen LogP contribution in [0.3, 0.4) is 0 Å². The van der Waals surface area contributed by atoms with Gasteiger partial charge in [0.05, 0.1) is 13.2 Å². The van der Waals surface area contributed by atoms with E-state index in [1.165, 1.54) is 12.0 Å². The molecular weight excluding hydrogens is 250 g/mol. The molecule has 2 unspecified atom stereocenters. The lowest BCUT2D eigenvalue weighted by Gasteiger charge is -2.37. The Kier molecular flexibility index (Phi) is 5.06. The summed E-state index contributed by atoms with van der Waals surface area (Å²) in [5.41, 5.74) is 2.30. The lowest BCUT2D eigenvalue weighted by atomic mass is 9.85. The van der Waals surface area contributed by atoms with Crippen LogP contribution in [0.2, 0.25) is 0 Å². The minimum atomic E-state index is -0.411. The van der Waals surface area contributed by atoms with E-state index in [4.69, 9.17) is 4.74 Å². The number of hydrogen-bond donors (Lipinski definition) is 1. The Hall–Kier alpha value is -1.06. The highest BCUT2D eigenvalue weighted by atomic mass is 16.5. The summed E-state index contributed by atoms with van der Waals surface area (Å²) in [7, 11) is 3.80. The molecule has 3 nitrogen and oxygen atoms in total. The molecule has 0 radical (unpaired) electrons. The molecule has 1 aliphatic rings. The van der Waals surface area contributed by atoms with Crippen molar-refractivity contribution in [3.63, 3.8) is 0 Å². The van der Waals surface area contributed by atoms with Gasteiger partial charge in [-0.05, 0) is 62.0 Å². The number of likely N-dealkylation sites (N-methyl/N-ethyl adjacent to an activating group) is 1. The van der Waals surface area contributed by atoms with Gasteiger partial charge < -0.3 is 14.7 Å². The number of aliphatic hydroxyl groups excluding tert-OH is 1. The largest absolute Gasteiger partial charge is 0.497 e. The number of hydrogen-bond acceptors (Lipinski definition) is 3. The van der Waals surface area contributed by atoms with Gasteiger partial charge in [-0.2, -0.15) is 0 Å². The van der Waals surface area contributed by atoms with E-state index >= 15 is 0 Å². The topological polar surface area (TPSA) is 32.7 Å². The summed E-state index contributed by atoms with van der Waals surface area (Å²) in [6.07, 6.45) is 2.82. The monoisotopic (exact) mass is 277 g/mol. The fraction of sp³-hybridized carbons (Fsp3) is 0.647. The lowest BCUT2D eigenvalue weighted by Crippen LogP contribution is -2.40. The molecule has 112 valence electrons. The summed E-state index contributed by atoms with van der Waals surface area (Å²) in [5.74, 6) is 1.53. The first-order valence-electron chi connectivity index (χ1n) is 7.58. The second-order valence-electron chi connectivity index (χ2n) is 6.28. The van der Waals surface area contributed by atoms with E-state index in [1.807, 2.05) is 12.1 Å². The van der Waals surface area contributed by atoms with Gasteiger partial charge in [-0.3, -0.25) is 0 Å². The zero-order valence-electron chi connectivity index (χ0n) is 13.1. The van der Waals surface area contributed by atoms with Crippen molar-refractivity contribution in [3.8, 4) is 5.75 Å². The fourth-order valence-electron chi connectivity index (χ4n) is 2.96. The quantitative estimate of drug-likeness (QED) is 0.898. The molecule has 20 heavy (non-hydrogen) atoms. The zero-order valence-corrected chi connectivity index (χ0v) is 13.1. The molecule has 1 aromatic carbocycles. The third-order valence-corrected chi connectivity index (χ3v) is 4.37. The third-order valence-electron chi connectivity index (χ3n) is 4.37. The van der Waals surface area contributed by atoms with Crippen LogP contribution in [0, 0.1) is 5.92 Å². The average Bonchev–Trinajstić information content (AvgIpc) is 2.45. The Bertz CT molecular complexity index is 445. The molecule has 3 heteroatoms. The van der Waals surface area contributed by atoms with E-state index in [-0.39, 0.29) is 6.04 Å². The molecule has 0 bridgehead atoms. The number of nitrogens with zero attached hydrogens (tertiary/aromatic N) is 1. The van der Waals surface area contributed by atoms with E-state index in [1.54, 1.807) is 7.11 Å². The number of rotatable bonds is 5. The Morgan fingerprint density at radius 2 is 2.15 bits per heavy atom. The highest BCUT2D eigenvalue weighted by molar-refractivity contribution is 5.39. The second kappa shape index (κ2) is 6.59. The molecule has 1 aromatic rings. The van der Waals surface area contributed by atoms with Crippen LogP contribution in [-0.2, 0) is 6.42 Å². The Balaban J connectivity index is 2.11. The van der Waals surface area contributed by atoms with Crippen LogP contribution in [0.5, 0.6) is 5.75 Å². The minimum Gasteiger partial charge on any atom is -0.497 e. The molecule has 0 heterocycles. The number of aryl methyl sites for hydroxylation is 1. The molecule has 0 aromatic heterocycles. The third kappa shape index (κ3) is 3.33. The van der Waals surface area contributed by atoms with E-state index in [0.29, 0.717) is 5.92 Å². The van der Waals surface area contributed by atoms with Gasteiger partial charge in [-0.25, -0.2) is 0 Å². The fourth-order valence-corrected chi connectivity index (χ4v) is 2.96. The highest BCUT2D eigenvalue weighted by Crippen LogP contribution is 2.34. The van der Waals surface area contributed by atoms with Gasteiger partial charge in [0, 0.05) is 6.04 Å². The summed E-state index contributed by atoms with van der Waals surface area (Å²) in [6, 6.07) is 6.27. The second-order valence-corrected chi connectivity index (χ2v) is 6.28. The molecule has 0 aliphatic heterocycles. The van der Waals surface area contributed by atoms with Crippen molar-refractivity contribution in [2.45, 2.75) is 45.3 Å². The summed E-state index contributed by atoms with van der Waals surface area (Å²) in [5, 5.41) is 10.7. The van der Waals surface area contributed by atoms with E-state index in [9.17, 15) is 5.11 Å². The smallest absolute Gasteiger partial charge is 0.119 e. The van der Waals surface area contributed by atoms with E-state index in [0.717, 1.165) is 30.7 Å². The Morgan fingerprint density at radius 3 is 2.80 bits per heavy atom. The first kappa shape index (κ1) is 15.3. The number of aliphatic hydroxyl groups is 1. The van der Waals surface area contributed by atoms with Gasteiger partial charge in [-0.15, -0.1) is 0 Å². The first-order chi connectivity index (χ1) is 9.52. The summed E-state index contributed by atoms with van der Waals surface area (Å²) in [4.78, 5) is 2.31.